The Balaban J connectivity index is 1.33. The molecule has 0 saturated heterocycles. The minimum atomic E-state index is 0.0357. The summed E-state index contributed by atoms with van der Waals surface area (Å²) in [5, 5.41) is 17.2. The van der Waals surface area contributed by atoms with E-state index < -0.39 is 0 Å². The van der Waals surface area contributed by atoms with Crippen molar-refractivity contribution in [3.05, 3.63) is 115 Å². The number of benzene rings is 6. The highest BCUT2D eigenvalue weighted by molar-refractivity contribution is 7.27. The number of furan rings is 1. The standard InChI is InChI=1S/C36H21BO2S2/c38-37-30-18-7-17-29-28-16-6-15-27(35(28)41-36(29)30)24-12-4-10-22-21-9-3-11-23(32(21)39-33(22)24)26-14-5-13-25-20-8-1-2-19-31(20)40-34(25)26/h1-19,37-38H. The summed E-state index contributed by atoms with van der Waals surface area (Å²) in [4.78, 5) is 0. The van der Waals surface area contributed by atoms with Gasteiger partial charge in [-0.05, 0) is 16.9 Å². The summed E-state index contributed by atoms with van der Waals surface area (Å²) in [5.74, 6) is 0. The average molecular weight is 561 g/mol. The Morgan fingerprint density at radius 2 is 0.927 bits per heavy atom. The minimum Gasteiger partial charge on any atom is -0.455 e. The Morgan fingerprint density at radius 3 is 1.59 bits per heavy atom. The first-order valence-corrected chi connectivity index (χ1v) is 15.3. The predicted molar refractivity (Wildman–Crippen MR) is 179 cm³/mol. The number of para-hydroxylation sites is 2. The lowest BCUT2D eigenvalue weighted by Crippen LogP contribution is -2.12. The first-order valence-electron chi connectivity index (χ1n) is 13.7. The Labute approximate surface area is 244 Å². The van der Waals surface area contributed by atoms with Crippen LogP contribution in [-0.2, 0) is 0 Å². The zero-order valence-electron chi connectivity index (χ0n) is 21.8. The third kappa shape index (κ3) is 3.28. The van der Waals surface area contributed by atoms with E-state index in [1.54, 1.807) is 11.3 Å². The molecule has 9 rings (SSSR count). The molecule has 9 aromatic rings. The molecule has 3 aromatic heterocycles. The molecule has 41 heavy (non-hydrogen) atoms. The van der Waals surface area contributed by atoms with Crippen molar-refractivity contribution in [1.82, 2.24) is 0 Å². The average Bonchev–Trinajstić information content (AvgIpc) is 3.72. The number of hydrogen-bond acceptors (Lipinski definition) is 4. The second kappa shape index (κ2) is 8.79. The van der Waals surface area contributed by atoms with Crippen molar-refractivity contribution in [2.45, 2.75) is 0 Å². The summed E-state index contributed by atoms with van der Waals surface area (Å²) in [7, 11) is 0.0357. The Bertz CT molecular complexity index is 2480. The van der Waals surface area contributed by atoms with Gasteiger partial charge in [0.2, 0.25) is 0 Å². The normalized spacial score (nSPS) is 12.0. The maximum atomic E-state index is 9.99. The Kier molecular flexibility index (Phi) is 5.00. The summed E-state index contributed by atoms with van der Waals surface area (Å²) in [6.45, 7) is 0. The number of fused-ring (bicyclic) bond motifs is 9. The summed E-state index contributed by atoms with van der Waals surface area (Å²) in [5.41, 5.74) is 7.37. The van der Waals surface area contributed by atoms with Crippen molar-refractivity contribution >= 4 is 97.9 Å². The van der Waals surface area contributed by atoms with E-state index in [4.69, 9.17) is 4.42 Å². The maximum Gasteiger partial charge on any atom is 0.306 e. The third-order valence-corrected chi connectivity index (χ3v) is 10.8. The molecule has 0 fully saturated rings. The summed E-state index contributed by atoms with van der Waals surface area (Å²) < 4.78 is 11.8. The van der Waals surface area contributed by atoms with Crippen molar-refractivity contribution in [3.8, 4) is 22.3 Å². The van der Waals surface area contributed by atoms with Gasteiger partial charge in [0.25, 0.3) is 0 Å². The van der Waals surface area contributed by atoms with Crippen LogP contribution in [0.2, 0.25) is 0 Å². The van der Waals surface area contributed by atoms with E-state index in [0.717, 1.165) is 48.8 Å². The molecule has 0 spiro atoms. The Hall–Kier alpha value is -4.42. The van der Waals surface area contributed by atoms with Crippen molar-refractivity contribution in [1.29, 1.82) is 0 Å². The van der Waals surface area contributed by atoms with Gasteiger partial charge in [-0.1, -0.05) is 109 Å². The smallest absolute Gasteiger partial charge is 0.306 e. The van der Waals surface area contributed by atoms with Gasteiger partial charge in [-0.25, -0.2) is 0 Å². The molecule has 0 atom stereocenters. The van der Waals surface area contributed by atoms with Gasteiger partial charge in [-0.3, -0.25) is 0 Å². The topological polar surface area (TPSA) is 33.4 Å². The first kappa shape index (κ1) is 23.3. The zero-order chi connectivity index (χ0) is 27.1. The first-order chi connectivity index (χ1) is 20.3. The van der Waals surface area contributed by atoms with Crippen molar-refractivity contribution in [2.75, 3.05) is 0 Å². The molecule has 0 unspecified atom stereocenters. The molecule has 5 heteroatoms. The molecule has 0 aliphatic carbocycles. The molecule has 0 bridgehead atoms. The lowest BCUT2D eigenvalue weighted by atomic mass is 9.87. The van der Waals surface area contributed by atoms with Gasteiger partial charge >= 0.3 is 7.48 Å². The Morgan fingerprint density at radius 1 is 0.439 bits per heavy atom. The molecule has 1 N–H and O–H groups in total. The minimum absolute atomic E-state index is 0.0357. The van der Waals surface area contributed by atoms with Gasteiger partial charge in [0.15, 0.2) is 0 Å². The van der Waals surface area contributed by atoms with Gasteiger partial charge in [-0.15, -0.1) is 22.7 Å². The van der Waals surface area contributed by atoms with Crippen LogP contribution in [0.4, 0.5) is 0 Å². The summed E-state index contributed by atoms with van der Waals surface area (Å²) >= 11 is 3.60. The molecule has 0 amide bonds. The van der Waals surface area contributed by atoms with Crippen LogP contribution >= 0.6 is 22.7 Å². The third-order valence-electron chi connectivity index (χ3n) is 8.29. The van der Waals surface area contributed by atoms with Gasteiger partial charge in [0, 0.05) is 68.0 Å². The zero-order valence-corrected chi connectivity index (χ0v) is 23.5. The largest absolute Gasteiger partial charge is 0.455 e. The van der Waals surface area contributed by atoms with E-state index in [1.807, 2.05) is 23.5 Å². The highest BCUT2D eigenvalue weighted by atomic mass is 32.1. The van der Waals surface area contributed by atoms with E-state index in [2.05, 4.69) is 103 Å². The second-order valence-electron chi connectivity index (χ2n) is 10.5. The van der Waals surface area contributed by atoms with Gasteiger partial charge in [0.1, 0.15) is 11.2 Å². The fourth-order valence-corrected chi connectivity index (χ4v) is 8.98. The molecule has 192 valence electrons. The van der Waals surface area contributed by atoms with E-state index in [-0.39, 0.29) is 7.48 Å². The second-order valence-corrected chi connectivity index (χ2v) is 12.6. The fraction of sp³-hybridized carbons (Fsp3) is 0. The molecular weight excluding hydrogens is 539 g/mol. The van der Waals surface area contributed by atoms with Crippen molar-refractivity contribution in [2.24, 2.45) is 0 Å². The van der Waals surface area contributed by atoms with Gasteiger partial charge < -0.3 is 9.44 Å². The molecule has 6 aromatic carbocycles. The molecule has 2 nitrogen and oxygen atoms in total. The predicted octanol–water partition coefficient (Wildman–Crippen LogP) is 9.62. The van der Waals surface area contributed by atoms with Crippen molar-refractivity contribution in [3.63, 3.8) is 0 Å². The van der Waals surface area contributed by atoms with Crippen LogP contribution in [-0.4, -0.2) is 12.5 Å². The SMILES string of the molecule is OBc1cccc2c1sc1c(-c3cccc4c3oc3c(-c5cccc6c5sc5ccccc56)cccc34)cccc12. The van der Waals surface area contributed by atoms with Crippen LogP contribution in [0.1, 0.15) is 0 Å². The lowest BCUT2D eigenvalue weighted by Gasteiger charge is -2.05. The van der Waals surface area contributed by atoms with E-state index in [9.17, 15) is 5.02 Å². The number of hydrogen-bond donors (Lipinski definition) is 1. The number of rotatable bonds is 3. The van der Waals surface area contributed by atoms with Crippen LogP contribution < -0.4 is 5.46 Å². The molecule has 0 aliphatic heterocycles. The molecule has 0 aliphatic rings. The molecule has 0 saturated carbocycles. The molecule has 0 radical (unpaired) electrons. The monoisotopic (exact) mass is 560 g/mol. The fourth-order valence-electron chi connectivity index (χ4n) is 6.42. The van der Waals surface area contributed by atoms with Crippen LogP contribution in [0, 0.1) is 0 Å². The molecule has 3 heterocycles. The van der Waals surface area contributed by atoms with E-state index in [1.165, 1.54) is 41.2 Å². The summed E-state index contributed by atoms with van der Waals surface area (Å²) in [6.07, 6.45) is 0. The van der Waals surface area contributed by atoms with Crippen LogP contribution in [0.3, 0.4) is 0 Å². The summed E-state index contributed by atoms with van der Waals surface area (Å²) in [6, 6.07) is 40.9. The quantitative estimate of drug-likeness (QED) is 0.218. The maximum absolute atomic E-state index is 9.99. The van der Waals surface area contributed by atoms with Crippen LogP contribution in [0.25, 0.3) is 84.5 Å². The van der Waals surface area contributed by atoms with Gasteiger partial charge in [0.05, 0.1) is 0 Å². The highest BCUT2D eigenvalue weighted by Crippen LogP contribution is 2.46. The van der Waals surface area contributed by atoms with Crippen LogP contribution in [0.5, 0.6) is 0 Å². The highest BCUT2D eigenvalue weighted by Gasteiger charge is 2.20. The van der Waals surface area contributed by atoms with Crippen LogP contribution in [0.15, 0.2) is 120 Å². The number of thiophene rings is 2. The lowest BCUT2D eigenvalue weighted by molar-refractivity contribution is 0.616. The van der Waals surface area contributed by atoms with Crippen molar-refractivity contribution < 1.29 is 9.44 Å². The van der Waals surface area contributed by atoms with E-state index >= 15 is 0 Å². The van der Waals surface area contributed by atoms with E-state index in [0.29, 0.717) is 0 Å². The van der Waals surface area contributed by atoms with Gasteiger partial charge in [-0.2, -0.15) is 0 Å². The molecular formula is C36H21BO2S2.